The third kappa shape index (κ3) is 6.53. The summed E-state index contributed by atoms with van der Waals surface area (Å²) >= 11 is 1.74. The van der Waals surface area contributed by atoms with Gasteiger partial charge in [0, 0.05) is 30.6 Å². The molecule has 0 aromatic heterocycles. The van der Waals surface area contributed by atoms with Gasteiger partial charge in [0.2, 0.25) is 5.91 Å². The highest BCUT2D eigenvalue weighted by atomic mass is 127. The zero-order chi connectivity index (χ0) is 18.2. The van der Waals surface area contributed by atoms with Gasteiger partial charge in [0.15, 0.2) is 5.96 Å². The molecule has 2 rings (SSSR count). The van der Waals surface area contributed by atoms with E-state index in [-0.39, 0.29) is 24.0 Å². The van der Waals surface area contributed by atoms with Gasteiger partial charge in [-0.15, -0.1) is 35.7 Å². The summed E-state index contributed by atoms with van der Waals surface area (Å²) in [4.78, 5) is 16.6. The minimum Gasteiger partial charge on any atom is -0.366 e. The van der Waals surface area contributed by atoms with Crippen LogP contribution in [-0.2, 0) is 13.1 Å². The molecule has 0 atom stereocenters. The van der Waals surface area contributed by atoms with Gasteiger partial charge in [-0.1, -0.05) is 24.3 Å². The van der Waals surface area contributed by atoms with Crippen molar-refractivity contribution < 1.29 is 4.79 Å². The number of aryl methyl sites for hydroxylation is 1. The maximum atomic E-state index is 11.1. The zero-order valence-corrected chi connectivity index (χ0v) is 18.4. The van der Waals surface area contributed by atoms with Gasteiger partial charge in [-0.2, -0.15) is 0 Å². The fourth-order valence-electron chi connectivity index (χ4n) is 2.37. The Hall–Kier alpha value is -1.74. The van der Waals surface area contributed by atoms with Crippen LogP contribution in [0.2, 0.25) is 0 Å². The lowest BCUT2D eigenvalue weighted by Crippen LogP contribution is -2.36. The molecule has 2 aromatic carbocycles. The normalized spacial score (nSPS) is 10.8. The van der Waals surface area contributed by atoms with E-state index >= 15 is 0 Å². The Morgan fingerprint density at radius 3 is 2.35 bits per heavy atom. The van der Waals surface area contributed by atoms with Crippen molar-refractivity contribution in [3.05, 3.63) is 64.7 Å². The number of benzene rings is 2. The van der Waals surface area contributed by atoms with Crippen LogP contribution < -0.4 is 16.4 Å². The predicted molar refractivity (Wildman–Crippen MR) is 120 cm³/mol. The van der Waals surface area contributed by atoms with Gasteiger partial charge in [-0.3, -0.25) is 9.79 Å². The molecule has 0 bridgehead atoms. The van der Waals surface area contributed by atoms with Gasteiger partial charge < -0.3 is 16.4 Å². The van der Waals surface area contributed by atoms with Gasteiger partial charge in [-0.05, 0) is 48.1 Å². The van der Waals surface area contributed by atoms with Crippen molar-refractivity contribution in [2.75, 3.05) is 13.3 Å². The molecule has 0 heterocycles. The minimum atomic E-state index is -0.417. The molecule has 0 unspecified atom stereocenters. The topological polar surface area (TPSA) is 79.5 Å². The molecule has 0 spiro atoms. The molecule has 1 amide bonds. The SMILES string of the molecule is CN=C(NCc1ccc(C(N)=O)cc1)NCc1ccc(C)cc1SC.I. The summed E-state index contributed by atoms with van der Waals surface area (Å²) in [6, 6.07) is 13.7. The summed E-state index contributed by atoms with van der Waals surface area (Å²) in [5, 5.41) is 6.60. The van der Waals surface area contributed by atoms with Crippen molar-refractivity contribution in [3.8, 4) is 0 Å². The molecule has 0 aliphatic rings. The molecule has 0 aliphatic carbocycles. The van der Waals surface area contributed by atoms with Crippen LogP contribution in [0, 0.1) is 6.92 Å². The van der Waals surface area contributed by atoms with Crippen molar-refractivity contribution in [3.63, 3.8) is 0 Å². The number of nitrogens with zero attached hydrogens (tertiary/aromatic N) is 1. The van der Waals surface area contributed by atoms with Crippen LogP contribution in [0.4, 0.5) is 0 Å². The first-order valence-corrected chi connectivity index (χ1v) is 9.22. The molecule has 7 heteroatoms. The lowest BCUT2D eigenvalue weighted by Gasteiger charge is -2.14. The van der Waals surface area contributed by atoms with Crippen molar-refractivity contribution in [2.45, 2.75) is 24.9 Å². The number of carbonyl (C=O) groups excluding carboxylic acids is 1. The minimum absolute atomic E-state index is 0. The third-order valence-electron chi connectivity index (χ3n) is 3.81. The van der Waals surface area contributed by atoms with Gasteiger partial charge in [0.05, 0.1) is 0 Å². The maximum absolute atomic E-state index is 11.1. The first-order chi connectivity index (χ1) is 12.0. The summed E-state index contributed by atoms with van der Waals surface area (Å²) in [5.74, 6) is 0.311. The Kier molecular flexibility index (Phi) is 9.50. The zero-order valence-electron chi connectivity index (χ0n) is 15.2. The quantitative estimate of drug-likeness (QED) is 0.255. The summed E-state index contributed by atoms with van der Waals surface area (Å²) in [5.41, 5.74) is 9.31. The van der Waals surface area contributed by atoms with Crippen molar-refractivity contribution >= 4 is 47.6 Å². The van der Waals surface area contributed by atoms with Crippen LogP contribution in [0.25, 0.3) is 0 Å². The number of thioether (sulfide) groups is 1. The Morgan fingerprint density at radius 2 is 1.77 bits per heavy atom. The van der Waals surface area contributed by atoms with E-state index in [0.29, 0.717) is 18.7 Å². The highest BCUT2D eigenvalue weighted by Gasteiger charge is 2.05. The van der Waals surface area contributed by atoms with Gasteiger partial charge in [0.1, 0.15) is 0 Å². The van der Waals surface area contributed by atoms with E-state index in [9.17, 15) is 4.79 Å². The standard InChI is InChI=1S/C19H24N4OS.HI/c1-13-4-7-16(17(10-13)25-3)12-23-19(21-2)22-11-14-5-8-15(9-6-14)18(20)24;/h4-10H,11-12H2,1-3H3,(H2,20,24)(H2,21,22,23);1H. The number of nitrogens with two attached hydrogens (primary N) is 1. The van der Waals surface area contributed by atoms with Crippen LogP contribution in [-0.4, -0.2) is 25.2 Å². The molecule has 2 aromatic rings. The summed E-state index contributed by atoms with van der Waals surface area (Å²) in [6.07, 6.45) is 2.08. The number of amides is 1. The maximum Gasteiger partial charge on any atom is 0.248 e. The second kappa shape index (κ2) is 11.1. The molecule has 0 fully saturated rings. The Morgan fingerprint density at radius 1 is 1.12 bits per heavy atom. The molecular formula is C19H25IN4OS. The summed E-state index contributed by atoms with van der Waals surface area (Å²) < 4.78 is 0. The molecule has 0 saturated heterocycles. The van der Waals surface area contributed by atoms with E-state index in [0.717, 1.165) is 11.5 Å². The smallest absolute Gasteiger partial charge is 0.248 e. The number of nitrogens with one attached hydrogen (secondary N) is 2. The van der Waals surface area contributed by atoms with Crippen molar-refractivity contribution in [1.82, 2.24) is 10.6 Å². The number of rotatable bonds is 6. The second-order valence-corrected chi connectivity index (χ2v) is 6.50. The fourth-order valence-corrected chi connectivity index (χ4v) is 3.08. The summed E-state index contributed by atoms with van der Waals surface area (Å²) in [7, 11) is 1.75. The lowest BCUT2D eigenvalue weighted by molar-refractivity contribution is 0.100. The van der Waals surface area contributed by atoms with E-state index in [2.05, 4.69) is 47.0 Å². The van der Waals surface area contributed by atoms with E-state index < -0.39 is 5.91 Å². The second-order valence-electron chi connectivity index (χ2n) is 5.66. The number of aliphatic imine (C=N–C) groups is 1. The van der Waals surface area contributed by atoms with E-state index in [4.69, 9.17) is 5.73 Å². The monoisotopic (exact) mass is 484 g/mol. The molecular weight excluding hydrogens is 459 g/mol. The van der Waals surface area contributed by atoms with Crippen LogP contribution >= 0.6 is 35.7 Å². The van der Waals surface area contributed by atoms with E-state index in [1.54, 1.807) is 30.9 Å². The number of carbonyl (C=O) groups is 1. The van der Waals surface area contributed by atoms with Gasteiger partial charge in [0.25, 0.3) is 0 Å². The van der Waals surface area contributed by atoms with E-state index in [1.807, 2.05) is 12.1 Å². The third-order valence-corrected chi connectivity index (χ3v) is 4.63. The van der Waals surface area contributed by atoms with Crippen molar-refractivity contribution in [1.29, 1.82) is 0 Å². The Labute approximate surface area is 176 Å². The Balaban J connectivity index is 0.00000338. The first kappa shape index (κ1) is 22.3. The average Bonchev–Trinajstić information content (AvgIpc) is 2.63. The van der Waals surface area contributed by atoms with Crippen LogP contribution in [0.15, 0.2) is 52.4 Å². The van der Waals surface area contributed by atoms with Crippen molar-refractivity contribution in [2.24, 2.45) is 10.7 Å². The molecule has 140 valence electrons. The number of hydrogen-bond donors (Lipinski definition) is 3. The summed E-state index contributed by atoms with van der Waals surface area (Å²) in [6.45, 7) is 3.42. The Bertz CT molecular complexity index is 763. The molecule has 5 nitrogen and oxygen atoms in total. The average molecular weight is 484 g/mol. The number of primary amides is 1. The largest absolute Gasteiger partial charge is 0.366 e. The van der Waals surface area contributed by atoms with Gasteiger partial charge in [-0.25, -0.2) is 0 Å². The van der Waals surface area contributed by atoms with E-state index in [1.165, 1.54) is 16.0 Å². The molecule has 0 saturated carbocycles. The van der Waals surface area contributed by atoms with Crippen LogP contribution in [0.5, 0.6) is 0 Å². The van der Waals surface area contributed by atoms with Crippen LogP contribution in [0.1, 0.15) is 27.0 Å². The highest BCUT2D eigenvalue weighted by molar-refractivity contribution is 14.0. The molecule has 4 N–H and O–H groups in total. The molecule has 0 radical (unpaired) electrons. The fraction of sp³-hybridized carbons (Fsp3) is 0.263. The number of guanidine groups is 1. The predicted octanol–water partition coefficient (Wildman–Crippen LogP) is 3.30. The molecule has 0 aliphatic heterocycles. The lowest BCUT2D eigenvalue weighted by atomic mass is 10.1. The molecule has 26 heavy (non-hydrogen) atoms. The number of halogens is 1. The van der Waals surface area contributed by atoms with Crippen LogP contribution in [0.3, 0.4) is 0 Å². The first-order valence-electron chi connectivity index (χ1n) is 8.00. The number of hydrogen-bond acceptors (Lipinski definition) is 3. The van der Waals surface area contributed by atoms with Gasteiger partial charge >= 0.3 is 0 Å². The highest BCUT2D eigenvalue weighted by Crippen LogP contribution is 2.21.